The summed E-state index contributed by atoms with van der Waals surface area (Å²) in [6.07, 6.45) is 0. The molecule has 2 aromatic carbocycles. The van der Waals surface area contributed by atoms with Crippen molar-refractivity contribution in [2.75, 3.05) is 0 Å². The molecule has 0 aliphatic carbocycles. The maximum absolute atomic E-state index is 12.3. The number of rotatable bonds is 2. The van der Waals surface area contributed by atoms with Gasteiger partial charge in [0, 0.05) is 0 Å². The SMILES string of the molecule is O=C1[15N-][13C](=O)[15NH]C1(c1ccccc1)c1ccccc1.[Na+]. The van der Waals surface area contributed by atoms with E-state index in [0.29, 0.717) is 11.1 Å². The zero-order valence-electron chi connectivity index (χ0n) is 11.0. The minimum absolute atomic E-state index is 0. The molecule has 0 radical (unpaired) electrons. The number of amides is 3. The van der Waals surface area contributed by atoms with E-state index in [9.17, 15) is 9.59 Å². The normalized spacial score (nSPS) is 16.0. The molecular formula is C15H11N2NaO2. The Kier molecular flexibility index (Phi) is 4.28. The molecule has 20 heavy (non-hydrogen) atoms. The summed E-state index contributed by atoms with van der Waals surface area (Å²) in [4.78, 5) is 23.8. The Morgan fingerprint density at radius 3 is 1.60 bits per heavy atom. The van der Waals surface area contributed by atoms with E-state index in [-0.39, 0.29) is 29.6 Å². The fraction of sp³-hybridized carbons (Fsp3) is 0.0667. The Balaban J connectivity index is 0.00000147. The van der Waals surface area contributed by atoms with Crippen molar-refractivity contribution in [3.05, 3.63) is 77.1 Å². The van der Waals surface area contributed by atoms with Crippen molar-refractivity contribution in [3.8, 4) is 0 Å². The molecule has 94 valence electrons. The number of benzene rings is 2. The maximum Gasteiger partial charge on any atom is 1.00 e. The molecule has 1 aliphatic heterocycles. The second-order valence-corrected chi connectivity index (χ2v) is 4.33. The Morgan fingerprint density at radius 2 is 1.25 bits per heavy atom. The number of urea groups is 1. The van der Waals surface area contributed by atoms with Crippen LogP contribution in [0.25, 0.3) is 5.32 Å². The van der Waals surface area contributed by atoms with Crippen LogP contribution in [0.2, 0.25) is 0 Å². The number of nitrogens with one attached hydrogen (secondary N) is 1. The van der Waals surface area contributed by atoms with E-state index in [1.54, 1.807) is 0 Å². The van der Waals surface area contributed by atoms with Crippen LogP contribution in [-0.2, 0) is 10.3 Å². The Bertz CT molecular complexity index is 589. The average molecular weight is 277 g/mol. The molecule has 1 fully saturated rings. The van der Waals surface area contributed by atoms with Gasteiger partial charge in [-0.3, -0.25) is 9.59 Å². The van der Waals surface area contributed by atoms with Gasteiger partial charge < -0.3 is 10.6 Å². The molecule has 0 unspecified atom stereocenters. The molecule has 1 saturated heterocycles. The Labute approximate surface area is 138 Å². The summed E-state index contributed by atoms with van der Waals surface area (Å²) in [5.74, 6) is -0.477. The number of carbonyl (C=O) groups excluding carboxylic acids is 2. The van der Waals surface area contributed by atoms with Gasteiger partial charge in [-0.05, 0) is 11.1 Å². The van der Waals surface area contributed by atoms with Gasteiger partial charge in [0.05, 0.1) is 5.54 Å². The first-order valence-corrected chi connectivity index (χ1v) is 5.93. The minimum atomic E-state index is -1.19. The molecule has 3 amide bonds. The fourth-order valence-electron chi connectivity index (χ4n) is 2.35. The third kappa shape index (κ3) is 2.26. The predicted octanol–water partition coefficient (Wildman–Crippen LogP) is -0.442. The zero-order valence-corrected chi connectivity index (χ0v) is 13.0. The van der Waals surface area contributed by atoms with Gasteiger partial charge in [0.1, 0.15) is 0 Å². The summed E-state index contributed by atoms with van der Waals surface area (Å²) in [7, 11) is 0. The first-order chi connectivity index (χ1) is 9.23. The average Bonchev–Trinajstić information content (AvgIpc) is 2.76. The first-order valence-electron chi connectivity index (χ1n) is 5.93. The largest absolute Gasteiger partial charge is 1.00 e. The van der Waals surface area contributed by atoms with Gasteiger partial charge in [0.25, 0.3) is 0 Å². The predicted molar refractivity (Wildman–Crippen MR) is 70.6 cm³/mol. The summed E-state index contributed by atoms with van der Waals surface area (Å²) < 4.78 is 0. The molecule has 1 aliphatic rings. The third-order valence-corrected chi connectivity index (χ3v) is 3.23. The van der Waals surface area contributed by atoms with Crippen molar-refractivity contribution in [2.45, 2.75) is 5.54 Å². The van der Waals surface area contributed by atoms with Crippen LogP contribution < -0.4 is 34.9 Å². The summed E-state index contributed by atoms with van der Waals surface area (Å²) in [5, 5.41) is 6.20. The minimum Gasteiger partial charge on any atom is -0.430 e. The maximum atomic E-state index is 12.3. The van der Waals surface area contributed by atoms with Gasteiger partial charge in [-0.2, -0.15) is 0 Å². The van der Waals surface area contributed by atoms with Crippen molar-refractivity contribution >= 4 is 11.9 Å². The molecule has 0 atom stereocenters. The van der Waals surface area contributed by atoms with E-state index in [1.807, 2.05) is 60.7 Å². The molecule has 1 heterocycles. The molecule has 4 nitrogen and oxygen atoms in total. The summed E-state index contributed by atoms with van der Waals surface area (Å²) in [6, 6.07) is 17.7. The molecule has 0 bridgehead atoms. The summed E-state index contributed by atoms with van der Waals surface area (Å²) >= 11 is 0. The van der Waals surface area contributed by atoms with Crippen molar-refractivity contribution in [2.24, 2.45) is 0 Å². The second-order valence-electron chi connectivity index (χ2n) is 4.33. The van der Waals surface area contributed by atoms with Crippen LogP contribution in [-0.4, -0.2) is 11.9 Å². The molecular weight excluding hydrogens is 266 g/mol. The van der Waals surface area contributed by atoms with Gasteiger partial charge in [0.2, 0.25) is 0 Å². The van der Waals surface area contributed by atoms with Crippen LogP contribution in [0, 0.1) is 0 Å². The monoisotopic (exact) mass is 277 g/mol. The smallest absolute Gasteiger partial charge is 0.430 e. The Hall–Kier alpha value is -1.62. The molecule has 2 aromatic rings. The van der Waals surface area contributed by atoms with E-state index >= 15 is 0 Å². The quantitative estimate of drug-likeness (QED) is 0.350. The van der Waals surface area contributed by atoms with Crippen molar-refractivity contribution in [1.82, 2.24) is 5.32 Å². The molecule has 0 saturated carbocycles. The van der Waals surface area contributed by atoms with Crippen LogP contribution in [0.15, 0.2) is 60.7 Å². The second kappa shape index (κ2) is 5.79. The number of nitrogens with zero attached hydrogens (tertiary/aromatic N) is 1. The van der Waals surface area contributed by atoms with Gasteiger partial charge >= 0.3 is 29.6 Å². The van der Waals surface area contributed by atoms with Crippen LogP contribution >= 0.6 is 0 Å². The summed E-state index contributed by atoms with van der Waals surface area (Å²) in [6.45, 7) is 0. The fourth-order valence-corrected chi connectivity index (χ4v) is 2.35. The summed E-state index contributed by atoms with van der Waals surface area (Å²) in [5.41, 5.74) is 0.223. The number of imide groups is 1. The van der Waals surface area contributed by atoms with E-state index < -0.39 is 17.5 Å². The number of hydrogen-bond acceptors (Lipinski definition) is 2. The molecule has 0 aromatic heterocycles. The topological polar surface area (TPSA) is 60.3 Å². The van der Waals surface area contributed by atoms with Crippen LogP contribution in [0.1, 0.15) is 11.1 Å². The molecule has 5 heteroatoms. The van der Waals surface area contributed by atoms with E-state index in [2.05, 4.69) is 10.6 Å². The van der Waals surface area contributed by atoms with Crippen LogP contribution in [0.3, 0.4) is 0 Å². The number of hydrogen-bond donors (Lipinski definition) is 1. The van der Waals surface area contributed by atoms with Crippen molar-refractivity contribution < 1.29 is 39.1 Å². The molecule has 3 rings (SSSR count). The van der Waals surface area contributed by atoms with Crippen molar-refractivity contribution in [3.63, 3.8) is 0 Å². The van der Waals surface area contributed by atoms with Crippen LogP contribution in [0.4, 0.5) is 4.79 Å². The first kappa shape index (κ1) is 14.8. The molecule has 0 spiro atoms. The Morgan fingerprint density at radius 1 is 0.800 bits per heavy atom. The van der Waals surface area contributed by atoms with Gasteiger partial charge in [-0.15, -0.1) is 0 Å². The van der Waals surface area contributed by atoms with Gasteiger partial charge in [0.15, 0.2) is 11.9 Å². The third-order valence-electron chi connectivity index (χ3n) is 3.23. The van der Waals surface area contributed by atoms with Gasteiger partial charge in [-0.25, -0.2) is 0 Å². The van der Waals surface area contributed by atoms with E-state index in [0.717, 1.165) is 0 Å². The van der Waals surface area contributed by atoms with E-state index in [1.165, 1.54) is 0 Å². The number of carbonyl (C=O) groups is 2. The van der Waals surface area contributed by atoms with Crippen LogP contribution in [0.5, 0.6) is 0 Å². The molecule has 1 N–H and O–H groups in total. The zero-order chi connectivity index (χ0) is 13.3. The van der Waals surface area contributed by atoms with Crippen molar-refractivity contribution in [1.29, 1.82) is 0 Å². The van der Waals surface area contributed by atoms with E-state index in [4.69, 9.17) is 0 Å². The van der Waals surface area contributed by atoms with Gasteiger partial charge in [-0.1, -0.05) is 60.7 Å². The standard InChI is InChI=1S/C15H12N2O2.Na/c18-13-15(17-14(19)16-13,11-7-3-1-4-8-11)12-9-5-2-6-10-12;/h1-10H,(H2,16,17,18,19);/q;+1/p-1/i14+1,16+1,17+1;.